The molecule has 2 aliphatic heterocycles. The highest BCUT2D eigenvalue weighted by Gasteiger charge is 2.31. The van der Waals surface area contributed by atoms with Crippen LogP contribution in [0.25, 0.3) is 39.3 Å². The van der Waals surface area contributed by atoms with E-state index in [2.05, 4.69) is 68.2 Å². The number of nitrogens with zero attached hydrogens (tertiary/aromatic N) is 3. The second kappa shape index (κ2) is 12.9. The number of hydrogen-bond acceptors (Lipinski definition) is 6. The zero-order valence-corrected chi connectivity index (χ0v) is 27.4. The maximum atomic E-state index is 13.6. The van der Waals surface area contributed by atoms with Crippen LogP contribution in [0, 0.1) is 13.8 Å². The monoisotopic (exact) mass is 609 g/mol. The van der Waals surface area contributed by atoms with Crippen molar-refractivity contribution >= 4 is 51.2 Å². The molecule has 0 aliphatic carbocycles. The molecule has 2 aliphatic rings. The van der Waals surface area contributed by atoms with Crippen LogP contribution in [-0.2, 0) is 33.7 Å². The number of carbonyl (C=O) groups excluding carboxylic acids is 2. The van der Waals surface area contributed by atoms with Crippen LogP contribution in [0.4, 0.5) is 0 Å². The molecule has 1 amide bonds. The number of fused-ring (bicyclic) bond motifs is 8. The lowest BCUT2D eigenvalue weighted by Crippen LogP contribution is -2.29. The van der Waals surface area contributed by atoms with Crippen LogP contribution in [0.15, 0.2) is 24.8 Å². The Hall–Kier alpha value is -4.50. The molecule has 45 heavy (non-hydrogen) atoms. The highest BCUT2D eigenvalue weighted by atomic mass is 17.1. The number of allylic oxidation sites excluding steroid dienone is 1. The first-order chi connectivity index (χ1) is 21.5. The van der Waals surface area contributed by atoms with E-state index in [-0.39, 0.29) is 23.8 Å². The molecule has 1 atom stereocenters. The summed E-state index contributed by atoms with van der Waals surface area (Å²) in [6.07, 6.45) is 5.08. The van der Waals surface area contributed by atoms with Gasteiger partial charge in [0.1, 0.15) is 0 Å². The van der Waals surface area contributed by atoms with Gasteiger partial charge in [0, 0.05) is 64.1 Å². The summed E-state index contributed by atoms with van der Waals surface area (Å²) in [5.74, 6) is -0.960. The van der Waals surface area contributed by atoms with Crippen LogP contribution in [0.3, 0.4) is 0 Å². The van der Waals surface area contributed by atoms with E-state index in [1.54, 1.807) is 18.9 Å². The lowest BCUT2D eigenvalue weighted by molar-refractivity contribution is -0.226. The van der Waals surface area contributed by atoms with Gasteiger partial charge in [0.15, 0.2) is 0 Å². The van der Waals surface area contributed by atoms with Gasteiger partial charge in [0.05, 0.1) is 23.4 Å². The molecule has 0 saturated heterocycles. The van der Waals surface area contributed by atoms with Crippen molar-refractivity contribution in [1.29, 1.82) is 0 Å². The fourth-order valence-electron chi connectivity index (χ4n) is 6.43. The number of hydrogen-bond donors (Lipinski definition) is 3. The molecular formula is C36H43N5O4. The summed E-state index contributed by atoms with van der Waals surface area (Å²) in [5, 5.41) is 9.55. The maximum absolute atomic E-state index is 13.6. The van der Waals surface area contributed by atoms with Crippen LogP contribution in [0.2, 0.25) is 0 Å². The van der Waals surface area contributed by atoms with E-state index >= 15 is 0 Å². The molecule has 0 saturated carbocycles. The number of nitrogens with one attached hydrogen (secondary N) is 2. The molecule has 5 heterocycles. The molecule has 3 aromatic heterocycles. The fourth-order valence-corrected chi connectivity index (χ4v) is 6.43. The van der Waals surface area contributed by atoms with Gasteiger partial charge in [-0.25, -0.2) is 9.78 Å². The van der Waals surface area contributed by atoms with E-state index in [0.29, 0.717) is 41.2 Å². The standard InChI is InChI=1S/C36H43N5O4/c1-9-12-13-41(8)33(42)15-25-30-14-19(4)26(37-30)16-27-20(5)23(10-2)31(38-27)17-28-21(6)24(11-3)32(39-28)18-29-22(7)34(35(25)40-29)36(43)45-44/h10,16-19,38-39,44H,2,9,11-15H2,1,3-8H3. The van der Waals surface area contributed by atoms with E-state index in [1.807, 2.05) is 12.1 Å². The van der Waals surface area contributed by atoms with E-state index in [9.17, 15) is 14.8 Å². The quantitative estimate of drug-likeness (QED) is 0.183. The number of aromatic nitrogens is 4. The zero-order chi connectivity index (χ0) is 32.6. The van der Waals surface area contributed by atoms with Crippen LogP contribution in [0.1, 0.15) is 97.0 Å². The summed E-state index contributed by atoms with van der Waals surface area (Å²) in [6, 6.07) is 6.10. The van der Waals surface area contributed by atoms with Gasteiger partial charge in [-0.3, -0.25) is 14.7 Å². The Labute approximate surface area is 264 Å². The fraction of sp³-hybridized carbons (Fsp3) is 0.389. The third kappa shape index (κ3) is 5.84. The van der Waals surface area contributed by atoms with Crippen molar-refractivity contribution in [3.63, 3.8) is 0 Å². The molecule has 236 valence electrons. The number of likely N-dealkylation sites (N-methyl/N-ethyl adjacent to an activating group) is 1. The molecule has 8 bridgehead atoms. The highest BCUT2D eigenvalue weighted by molar-refractivity contribution is 6.25. The van der Waals surface area contributed by atoms with Crippen molar-refractivity contribution in [2.45, 2.75) is 79.6 Å². The van der Waals surface area contributed by atoms with Crippen molar-refractivity contribution < 1.29 is 19.7 Å². The summed E-state index contributed by atoms with van der Waals surface area (Å²) in [6.45, 7) is 16.9. The summed E-state index contributed by atoms with van der Waals surface area (Å²) in [4.78, 5) is 49.9. The van der Waals surface area contributed by atoms with Crippen molar-refractivity contribution in [2.24, 2.45) is 0 Å². The van der Waals surface area contributed by atoms with Gasteiger partial charge in [-0.05, 0) is 80.5 Å². The molecule has 9 heteroatoms. The molecule has 9 nitrogen and oxygen atoms in total. The zero-order valence-electron chi connectivity index (χ0n) is 27.4. The molecule has 5 rings (SSSR count). The van der Waals surface area contributed by atoms with Crippen molar-refractivity contribution in [2.75, 3.05) is 13.6 Å². The molecule has 0 fully saturated rings. The Kier molecular flexibility index (Phi) is 9.11. The maximum Gasteiger partial charge on any atom is 0.375 e. The Morgan fingerprint density at radius 2 is 1.76 bits per heavy atom. The number of aryl methyl sites for hydroxylation is 3. The van der Waals surface area contributed by atoms with Gasteiger partial charge >= 0.3 is 5.97 Å². The first-order valence-corrected chi connectivity index (χ1v) is 15.7. The normalized spacial score (nSPS) is 14.5. The van der Waals surface area contributed by atoms with Crippen molar-refractivity contribution in [3.05, 3.63) is 75.4 Å². The first-order valence-electron chi connectivity index (χ1n) is 15.7. The molecule has 0 spiro atoms. The second-order valence-corrected chi connectivity index (χ2v) is 12.2. The number of carbonyl (C=O) groups is 2. The average Bonchev–Trinajstić information content (AvgIpc) is 3.72. The number of unbranched alkanes of at least 4 members (excludes halogenated alkanes) is 1. The van der Waals surface area contributed by atoms with Crippen LogP contribution < -0.4 is 0 Å². The Morgan fingerprint density at radius 3 is 2.42 bits per heavy atom. The minimum Gasteiger partial charge on any atom is -0.355 e. The van der Waals surface area contributed by atoms with Crippen LogP contribution in [-0.4, -0.2) is 55.6 Å². The third-order valence-corrected chi connectivity index (χ3v) is 9.26. The van der Waals surface area contributed by atoms with Gasteiger partial charge in [-0.1, -0.05) is 39.8 Å². The summed E-state index contributed by atoms with van der Waals surface area (Å²) in [7, 11) is 1.79. The predicted molar refractivity (Wildman–Crippen MR) is 180 cm³/mol. The lowest BCUT2D eigenvalue weighted by Gasteiger charge is -2.18. The van der Waals surface area contributed by atoms with Gasteiger partial charge < -0.3 is 14.9 Å². The molecule has 1 unspecified atom stereocenters. The van der Waals surface area contributed by atoms with E-state index in [0.717, 1.165) is 69.3 Å². The minimum atomic E-state index is -0.919. The van der Waals surface area contributed by atoms with E-state index in [4.69, 9.17) is 9.97 Å². The first kappa shape index (κ1) is 31.9. The van der Waals surface area contributed by atoms with Gasteiger partial charge in [-0.15, -0.1) is 0 Å². The SMILES string of the molecule is C=Cc1c(C)c2cc3nc(c(CC(=O)N(C)CCCC)c4nc(cc5[nH]c(cc1[nH]2)c(C)c5CC)C(C)=C4C(=O)OO)CC3C. The number of aromatic amines is 2. The van der Waals surface area contributed by atoms with Crippen LogP contribution in [0.5, 0.6) is 0 Å². The summed E-state index contributed by atoms with van der Waals surface area (Å²) in [5.41, 5.74) is 11.7. The lowest BCUT2D eigenvalue weighted by atomic mass is 9.96. The molecular weight excluding hydrogens is 566 g/mol. The Balaban J connectivity index is 1.95. The van der Waals surface area contributed by atoms with Gasteiger partial charge in [0.25, 0.3) is 0 Å². The third-order valence-electron chi connectivity index (χ3n) is 9.26. The second-order valence-electron chi connectivity index (χ2n) is 12.2. The van der Waals surface area contributed by atoms with E-state index < -0.39 is 5.97 Å². The molecule has 3 aromatic rings. The van der Waals surface area contributed by atoms with Gasteiger partial charge in [-0.2, -0.15) is 5.26 Å². The Morgan fingerprint density at radius 1 is 1.04 bits per heavy atom. The average molecular weight is 610 g/mol. The summed E-state index contributed by atoms with van der Waals surface area (Å²) < 4.78 is 0. The van der Waals surface area contributed by atoms with Crippen LogP contribution >= 0.6 is 0 Å². The largest absolute Gasteiger partial charge is 0.375 e. The van der Waals surface area contributed by atoms with Gasteiger partial charge in [0.2, 0.25) is 5.91 Å². The minimum absolute atomic E-state index is 0.00781. The van der Waals surface area contributed by atoms with Crippen molar-refractivity contribution in [1.82, 2.24) is 24.8 Å². The predicted octanol–water partition coefficient (Wildman–Crippen LogP) is 7.23. The number of H-pyrrole nitrogens is 2. The smallest absolute Gasteiger partial charge is 0.355 e. The Bertz CT molecular complexity index is 1890. The topological polar surface area (TPSA) is 124 Å². The number of amides is 1. The highest BCUT2D eigenvalue weighted by Crippen LogP contribution is 2.37. The molecule has 0 radical (unpaired) electrons. The molecule has 3 N–H and O–H groups in total. The summed E-state index contributed by atoms with van der Waals surface area (Å²) >= 11 is 0. The van der Waals surface area contributed by atoms with Crippen molar-refractivity contribution in [3.8, 4) is 0 Å². The number of rotatable bonds is 8. The molecule has 0 aromatic carbocycles. The van der Waals surface area contributed by atoms with E-state index in [1.165, 1.54) is 0 Å².